The number of thiazole rings is 1. The summed E-state index contributed by atoms with van der Waals surface area (Å²) >= 11 is 1.66. The molecule has 0 radical (unpaired) electrons. The van der Waals surface area contributed by atoms with Crippen LogP contribution in [0, 0.1) is 26.2 Å². The number of aromatic nitrogens is 1. The van der Waals surface area contributed by atoms with Crippen LogP contribution in [-0.2, 0) is 0 Å². The molecule has 1 rings (SSSR count). The highest BCUT2D eigenvalue weighted by molar-refractivity contribution is 7.11. The zero-order valence-corrected chi connectivity index (χ0v) is 8.33. The maximum absolute atomic E-state index is 5.36. The van der Waals surface area contributed by atoms with Gasteiger partial charge in [-0.1, -0.05) is 5.92 Å². The van der Waals surface area contributed by atoms with Crippen molar-refractivity contribution < 1.29 is 0 Å². The molecule has 0 bridgehead atoms. The first-order valence-corrected chi connectivity index (χ1v) is 4.58. The maximum atomic E-state index is 5.36. The van der Waals surface area contributed by atoms with Crippen molar-refractivity contribution in [2.45, 2.75) is 19.9 Å². The summed E-state index contributed by atoms with van der Waals surface area (Å²) in [5.41, 5.74) is 1.04. The predicted octanol–water partition coefficient (Wildman–Crippen LogP) is 1.65. The average molecular weight is 180 g/mol. The molecule has 1 heterocycles. The molecule has 1 aromatic heterocycles. The summed E-state index contributed by atoms with van der Waals surface area (Å²) in [7, 11) is 1.86. The van der Waals surface area contributed by atoms with E-state index < -0.39 is 0 Å². The second kappa shape index (κ2) is 3.70. The third-order valence-corrected chi connectivity index (χ3v) is 2.79. The zero-order valence-electron chi connectivity index (χ0n) is 7.51. The Balaban J connectivity index is 3.02. The van der Waals surface area contributed by atoms with Crippen molar-refractivity contribution in [3.8, 4) is 12.3 Å². The molecule has 0 aliphatic heterocycles. The lowest BCUT2D eigenvalue weighted by Gasteiger charge is -2.06. The molecule has 0 saturated carbocycles. The molecule has 0 spiro atoms. The topological polar surface area (TPSA) is 24.9 Å². The van der Waals surface area contributed by atoms with E-state index in [-0.39, 0.29) is 6.04 Å². The summed E-state index contributed by atoms with van der Waals surface area (Å²) in [6.45, 7) is 3.98. The summed E-state index contributed by atoms with van der Waals surface area (Å²) in [5, 5.41) is 4.12. The van der Waals surface area contributed by atoms with Crippen LogP contribution in [0.5, 0.6) is 0 Å². The number of rotatable bonds is 2. The van der Waals surface area contributed by atoms with E-state index in [4.69, 9.17) is 6.42 Å². The predicted molar refractivity (Wildman–Crippen MR) is 52.2 cm³/mol. The highest BCUT2D eigenvalue weighted by Gasteiger charge is 2.12. The number of nitrogens with one attached hydrogen (secondary N) is 1. The maximum Gasteiger partial charge on any atom is 0.105 e. The van der Waals surface area contributed by atoms with E-state index in [1.165, 1.54) is 0 Å². The number of nitrogens with zero attached hydrogens (tertiary/aromatic N) is 1. The van der Waals surface area contributed by atoms with Crippen molar-refractivity contribution in [1.82, 2.24) is 10.3 Å². The molecule has 0 saturated heterocycles. The fourth-order valence-electron chi connectivity index (χ4n) is 1.11. The van der Waals surface area contributed by atoms with Crippen LogP contribution in [0.3, 0.4) is 0 Å². The Labute approximate surface area is 77.0 Å². The van der Waals surface area contributed by atoms with Crippen molar-refractivity contribution in [2.24, 2.45) is 0 Å². The minimum atomic E-state index is 0.0104. The average Bonchev–Trinajstić information content (AvgIpc) is 2.34. The van der Waals surface area contributed by atoms with Crippen LogP contribution in [0.25, 0.3) is 0 Å². The lowest BCUT2D eigenvalue weighted by Crippen LogP contribution is -2.13. The Morgan fingerprint density at radius 1 is 1.58 bits per heavy atom. The third-order valence-electron chi connectivity index (χ3n) is 1.66. The molecule has 64 valence electrons. The number of terminal acetylenes is 1. The smallest absolute Gasteiger partial charge is 0.105 e. The molecule has 0 amide bonds. The fraction of sp³-hybridized carbons (Fsp3) is 0.444. The van der Waals surface area contributed by atoms with Crippen molar-refractivity contribution in [1.29, 1.82) is 0 Å². The van der Waals surface area contributed by atoms with Gasteiger partial charge in [-0.15, -0.1) is 17.8 Å². The Bertz CT molecular complexity index is 309. The van der Waals surface area contributed by atoms with E-state index in [1.807, 2.05) is 20.9 Å². The molecular formula is C9H12N2S. The summed E-state index contributed by atoms with van der Waals surface area (Å²) < 4.78 is 0. The van der Waals surface area contributed by atoms with Gasteiger partial charge in [0.2, 0.25) is 0 Å². The van der Waals surface area contributed by atoms with Gasteiger partial charge in [0, 0.05) is 0 Å². The molecule has 0 aliphatic rings. The fourth-order valence-corrected chi connectivity index (χ4v) is 2.10. The molecule has 0 aliphatic carbocycles. The second-order valence-corrected chi connectivity index (χ2v) is 3.81. The summed E-state index contributed by atoms with van der Waals surface area (Å²) in [5.74, 6) is 2.68. The molecule has 1 unspecified atom stereocenters. The lowest BCUT2D eigenvalue weighted by molar-refractivity contribution is 0.742. The van der Waals surface area contributed by atoms with Crippen LogP contribution in [0.4, 0.5) is 0 Å². The van der Waals surface area contributed by atoms with Crippen LogP contribution in [0.1, 0.15) is 21.6 Å². The molecule has 0 aromatic carbocycles. The Morgan fingerprint density at radius 2 is 2.25 bits per heavy atom. The van der Waals surface area contributed by atoms with Crippen molar-refractivity contribution >= 4 is 11.3 Å². The van der Waals surface area contributed by atoms with Gasteiger partial charge in [-0.05, 0) is 20.9 Å². The molecule has 1 atom stereocenters. The standard InChI is InChI=1S/C9H12N2S/c1-5-8(10-4)9-6(2)11-7(3)12-9/h1,8,10H,2-4H3. The van der Waals surface area contributed by atoms with Crippen LogP contribution >= 0.6 is 11.3 Å². The van der Waals surface area contributed by atoms with Gasteiger partial charge >= 0.3 is 0 Å². The molecule has 12 heavy (non-hydrogen) atoms. The highest BCUT2D eigenvalue weighted by atomic mass is 32.1. The van der Waals surface area contributed by atoms with E-state index in [1.54, 1.807) is 11.3 Å². The van der Waals surface area contributed by atoms with Gasteiger partial charge < -0.3 is 5.32 Å². The molecule has 3 heteroatoms. The molecule has 1 aromatic rings. The quantitative estimate of drug-likeness (QED) is 0.700. The van der Waals surface area contributed by atoms with Crippen molar-refractivity contribution in [2.75, 3.05) is 7.05 Å². The lowest BCUT2D eigenvalue weighted by atomic mass is 10.2. The van der Waals surface area contributed by atoms with E-state index in [2.05, 4.69) is 16.2 Å². The van der Waals surface area contributed by atoms with Crippen molar-refractivity contribution in [3.05, 3.63) is 15.6 Å². The first-order chi connectivity index (χ1) is 5.69. The van der Waals surface area contributed by atoms with Crippen LogP contribution in [0.15, 0.2) is 0 Å². The molecule has 1 N–H and O–H groups in total. The molecule has 0 fully saturated rings. The number of hydrogen-bond acceptors (Lipinski definition) is 3. The molecule has 2 nitrogen and oxygen atoms in total. The number of aryl methyl sites for hydroxylation is 2. The Kier molecular flexibility index (Phi) is 2.85. The van der Waals surface area contributed by atoms with Gasteiger partial charge in [-0.3, -0.25) is 0 Å². The summed E-state index contributed by atoms with van der Waals surface area (Å²) in [4.78, 5) is 5.46. The largest absolute Gasteiger partial charge is 0.302 e. The minimum Gasteiger partial charge on any atom is -0.302 e. The number of hydrogen-bond donors (Lipinski definition) is 1. The Morgan fingerprint density at radius 3 is 2.58 bits per heavy atom. The first-order valence-electron chi connectivity index (χ1n) is 3.76. The molecular weight excluding hydrogens is 168 g/mol. The van der Waals surface area contributed by atoms with Gasteiger partial charge in [0.15, 0.2) is 0 Å². The Hall–Kier alpha value is -0.850. The van der Waals surface area contributed by atoms with Gasteiger partial charge in [-0.2, -0.15) is 0 Å². The first kappa shape index (κ1) is 9.24. The zero-order chi connectivity index (χ0) is 9.14. The summed E-state index contributed by atoms with van der Waals surface area (Å²) in [6, 6.07) is 0.0104. The van der Waals surface area contributed by atoms with Crippen LogP contribution in [-0.4, -0.2) is 12.0 Å². The van der Waals surface area contributed by atoms with Gasteiger partial charge in [0.05, 0.1) is 15.6 Å². The van der Waals surface area contributed by atoms with E-state index in [9.17, 15) is 0 Å². The second-order valence-electron chi connectivity index (χ2n) is 2.57. The van der Waals surface area contributed by atoms with Crippen LogP contribution < -0.4 is 5.32 Å². The third kappa shape index (κ3) is 1.66. The van der Waals surface area contributed by atoms with E-state index in [0.29, 0.717) is 0 Å². The van der Waals surface area contributed by atoms with Crippen molar-refractivity contribution in [3.63, 3.8) is 0 Å². The summed E-state index contributed by atoms with van der Waals surface area (Å²) in [6.07, 6.45) is 5.36. The monoisotopic (exact) mass is 180 g/mol. The highest BCUT2D eigenvalue weighted by Crippen LogP contribution is 2.23. The minimum absolute atomic E-state index is 0.0104. The van der Waals surface area contributed by atoms with Gasteiger partial charge in [0.25, 0.3) is 0 Å². The van der Waals surface area contributed by atoms with E-state index in [0.717, 1.165) is 15.6 Å². The van der Waals surface area contributed by atoms with Gasteiger partial charge in [-0.25, -0.2) is 4.98 Å². The normalized spacial score (nSPS) is 12.5. The van der Waals surface area contributed by atoms with Gasteiger partial charge in [0.1, 0.15) is 6.04 Å². The SMILES string of the molecule is C#CC(NC)c1sc(C)nc1C. The van der Waals surface area contributed by atoms with E-state index >= 15 is 0 Å². The van der Waals surface area contributed by atoms with Crippen LogP contribution in [0.2, 0.25) is 0 Å².